The van der Waals surface area contributed by atoms with Crippen molar-refractivity contribution in [2.45, 2.75) is 20.8 Å². The smallest absolute Gasteiger partial charge is 0.309 e. The number of benzene rings is 1. The highest BCUT2D eigenvalue weighted by Gasteiger charge is 2.27. The molecule has 3 heterocycles. The van der Waals surface area contributed by atoms with Crippen molar-refractivity contribution in [2.24, 2.45) is 5.41 Å². The van der Waals surface area contributed by atoms with Gasteiger partial charge >= 0.3 is 5.91 Å². The van der Waals surface area contributed by atoms with Crippen LogP contribution >= 0.6 is 0 Å². The Morgan fingerprint density at radius 2 is 1.93 bits per heavy atom. The molecule has 2 aromatic rings. The number of carbonyl (C=O) groups is 1. The van der Waals surface area contributed by atoms with Crippen molar-refractivity contribution in [3.8, 4) is 0 Å². The number of carbonyl (C=O) groups excluding carboxylic acids is 1. The molecule has 0 unspecified atom stereocenters. The molecule has 1 fully saturated rings. The van der Waals surface area contributed by atoms with Gasteiger partial charge in [0.1, 0.15) is 6.26 Å². The molecule has 0 bridgehead atoms. The van der Waals surface area contributed by atoms with E-state index in [2.05, 4.69) is 78.0 Å². The molecule has 4 rings (SSSR count). The minimum Gasteiger partial charge on any atom is -0.441 e. The van der Waals surface area contributed by atoms with Crippen LogP contribution in [0.5, 0.6) is 0 Å². The summed E-state index contributed by atoms with van der Waals surface area (Å²) in [5, 5.41) is 0. The molecular weight excluding hydrogens is 378 g/mol. The highest BCUT2D eigenvalue weighted by molar-refractivity contribution is 5.89. The van der Waals surface area contributed by atoms with Gasteiger partial charge in [-0.2, -0.15) is 0 Å². The third kappa shape index (κ3) is 4.45. The van der Waals surface area contributed by atoms with E-state index in [1.54, 1.807) is 0 Å². The number of anilines is 1. The first-order valence-corrected chi connectivity index (χ1v) is 10.5. The second-order valence-corrected chi connectivity index (χ2v) is 9.34. The quantitative estimate of drug-likeness (QED) is 0.773. The van der Waals surface area contributed by atoms with Gasteiger partial charge in [0.05, 0.1) is 18.6 Å². The predicted molar refractivity (Wildman–Crippen MR) is 118 cm³/mol. The van der Waals surface area contributed by atoms with E-state index >= 15 is 0 Å². The second kappa shape index (κ2) is 8.05. The molecular formula is C23H31N5O2. The molecule has 0 spiro atoms. The fourth-order valence-electron chi connectivity index (χ4n) is 4.14. The molecule has 0 radical (unpaired) electrons. The summed E-state index contributed by atoms with van der Waals surface area (Å²) in [6, 6.07) is 8.74. The number of aromatic nitrogens is 1. The second-order valence-electron chi connectivity index (χ2n) is 9.34. The third-order valence-corrected chi connectivity index (χ3v) is 5.43. The number of piperazine rings is 1. The van der Waals surface area contributed by atoms with Gasteiger partial charge in [-0.1, -0.05) is 32.9 Å². The molecule has 7 heteroatoms. The lowest BCUT2D eigenvalue weighted by atomic mass is 9.95. The fraction of sp³-hybridized carbons (Fsp3) is 0.478. The van der Waals surface area contributed by atoms with Gasteiger partial charge in [-0.25, -0.2) is 4.98 Å². The highest BCUT2D eigenvalue weighted by atomic mass is 16.4. The maximum Gasteiger partial charge on any atom is 0.309 e. The fourth-order valence-corrected chi connectivity index (χ4v) is 4.14. The summed E-state index contributed by atoms with van der Waals surface area (Å²) in [5.41, 5.74) is 3.93. The van der Waals surface area contributed by atoms with Gasteiger partial charge in [-0.15, -0.1) is 0 Å². The van der Waals surface area contributed by atoms with Gasteiger partial charge in [-0.3, -0.25) is 4.79 Å². The van der Waals surface area contributed by atoms with Gasteiger partial charge in [0.25, 0.3) is 5.89 Å². The predicted octanol–water partition coefficient (Wildman–Crippen LogP) is 3.19. The van der Waals surface area contributed by atoms with Gasteiger partial charge in [-0.05, 0) is 17.5 Å². The topological polar surface area (TPSA) is 56.1 Å². The van der Waals surface area contributed by atoms with Crippen LogP contribution in [0.4, 0.5) is 5.69 Å². The summed E-state index contributed by atoms with van der Waals surface area (Å²) in [5.74, 6) is 0.0343. The maximum absolute atomic E-state index is 12.4. The average Bonchev–Trinajstić information content (AvgIpc) is 3.36. The lowest BCUT2D eigenvalue weighted by Gasteiger charge is -2.36. The average molecular weight is 410 g/mol. The monoisotopic (exact) mass is 409 g/mol. The number of oxazole rings is 1. The Labute approximate surface area is 178 Å². The molecule has 2 aliphatic heterocycles. The van der Waals surface area contributed by atoms with E-state index in [0.717, 1.165) is 26.3 Å². The molecule has 1 aromatic heterocycles. The molecule has 1 saturated heterocycles. The van der Waals surface area contributed by atoms with Crippen molar-refractivity contribution in [3.63, 3.8) is 0 Å². The Bertz CT molecular complexity index is 908. The number of hydrogen-bond donors (Lipinski definition) is 0. The number of amides is 1. The Kier molecular flexibility index (Phi) is 5.45. The Morgan fingerprint density at radius 1 is 1.17 bits per heavy atom. The summed E-state index contributed by atoms with van der Waals surface area (Å²) in [4.78, 5) is 25.3. The Hall–Kier alpha value is -2.96. The van der Waals surface area contributed by atoms with E-state index in [4.69, 9.17) is 4.42 Å². The molecule has 1 aromatic carbocycles. The zero-order valence-corrected chi connectivity index (χ0v) is 18.3. The van der Waals surface area contributed by atoms with Gasteiger partial charge in [0.15, 0.2) is 0 Å². The lowest BCUT2D eigenvalue weighted by molar-refractivity contribution is 0.0706. The summed E-state index contributed by atoms with van der Waals surface area (Å²) >= 11 is 0. The first kappa shape index (κ1) is 20.3. The van der Waals surface area contributed by atoms with Crippen molar-refractivity contribution in [2.75, 3.05) is 51.3 Å². The molecule has 2 aliphatic rings. The van der Waals surface area contributed by atoms with Crippen LogP contribution in [-0.2, 0) is 0 Å². The van der Waals surface area contributed by atoms with Crippen LogP contribution in [0.3, 0.4) is 0 Å². The van der Waals surface area contributed by atoms with Crippen LogP contribution in [0.25, 0.3) is 5.70 Å². The first-order valence-electron chi connectivity index (χ1n) is 10.5. The zero-order valence-electron chi connectivity index (χ0n) is 18.3. The van der Waals surface area contributed by atoms with Gasteiger partial charge in [0.2, 0.25) is 0 Å². The summed E-state index contributed by atoms with van der Waals surface area (Å²) < 4.78 is 5.16. The van der Waals surface area contributed by atoms with Gasteiger partial charge < -0.3 is 24.0 Å². The Morgan fingerprint density at radius 3 is 2.60 bits per heavy atom. The molecule has 0 saturated carbocycles. The first-order chi connectivity index (χ1) is 14.3. The van der Waals surface area contributed by atoms with E-state index in [1.807, 2.05) is 4.90 Å². The number of hydrogen-bond acceptors (Lipinski definition) is 6. The minimum absolute atomic E-state index is 0.134. The maximum atomic E-state index is 12.4. The molecule has 160 valence electrons. The molecule has 7 nitrogen and oxygen atoms in total. The molecule has 0 atom stereocenters. The van der Waals surface area contributed by atoms with Crippen molar-refractivity contribution in [3.05, 3.63) is 54.4 Å². The van der Waals surface area contributed by atoms with Crippen molar-refractivity contribution < 1.29 is 9.21 Å². The van der Waals surface area contributed by atoms with E-state index in [1.165, 1.54) is 29.4 Å². The number of rotatable bonds is 4. The molecule has 0 N–H and O–H groups in total. The summed E-state index contributed by atoms with van der Waals surface area (Å²) in [6.45, 7) is 11.7. The third-order valence-electron chi connectivity index (χ3n) is 5.43. The van der Waals surface area contributed by atoms with Gasteiger partial charge in [0, 0.05) is 57.2 Å². The van der Waals surface area contributed by atoms with E-state index in [-0.39, 0.29) is 17.2 Å². The van der Waals surface area contributed by atoms with E-state index < -0.39 is 0 Å². The van der Waals surface area contributed by atoms with Crippen LogP contribution in [0.2, 0.25) is 0 Å². The van der Waals surface area contributed by atoms with Crippen molar-refractivity contribution in [1.29, 1.82) is 0 Å². The largest absolute Gasteiger partial charge is 0.441 e. The van der Waals surface area contributed by atoms with E-state index in [9.17, 15) is 4.79 Å². The van der Waals surface area contributed by atoms with Crippen molar-refractivity contribution >= 4 is 17.3 Å². The lowest BCUT2D eigenvalue weighted by Crippen LogP contribution is -2.48. The zero-order chi connectivity index (χ0) is 21.3. The van der Waals surface area contributed by atoms with Crippen LogP contribution < -0.4 is 4.90 Å². The van der Waals surface area contributed by atoms with Crippen LogP contribution in [0.15, 0.2) is 47.3 Å². The molecule has 1 amide bonds. The summed E-state index contributed by atoms with van der Waals surface area (Å²) in [7, 11) is 2.12. The van der Waals surface area contributed by atoms with Crippen LogP contribution in [0, 0.1) is 5.41 Å². The normalized spacial score (nSPS) is 17.5. The van der Waals surface area contributed by atoms with Crippen LogP contribution in [-0.4, -0.2) is 72.0 Å². The molecule has 0 aliphatic carbocycles. The standard InChI is InChI=1S/C23H31N5O2/c1-23(2,3)16-28-17-25(4)15-20(28)18-6-5-7-19(14-18)26-9-11-27(12-10-26)22(29)21-24-8-13-30-21/h5-8,13-15H,9-12,16-17H2,1-4H3. The Balaban J connectivity index is 1.45. The highest BCUT2D eigenvalue weighted by Crippen LogP contribution is 2.31. The molecule has 30 heavy (non-hydrogen) atoms. The van der Waals surface area contributed by atoms with Crippen molar-refractivity contribution in [1.82, 2.24) is 19.7 Å². The SMILES string of the molecule is CN1C=C(c2cccc(N3CCN(C(=O)c4ncco4)CC3)c2)N(CC(C)(C)C)C1. The van der Waals surface area contributed by atoms with Crippen LogP contribution in [0.1, 0.15) is 37.0 Å². The van der Waals surface area contributed by atoms with E-state index in [0.29, 0.717) is 13.1 Å². The minimum atomic E-state index is -0.134. The number of nitrogens with zero attached hydrogens (tertiary/aromatic N) is 5. The summed E-state index contributed by atoms with van der Waals surface area (Å²) in [6.07, 6.45) is 5.18.